The van der Waals surface area contributed by atoms with Gasteiger partial charge in [0.15, 0.2) is 9.84 Å². The molecule has 0 aromatic heterocycles. The molecule has 1 aliphatic rings. The fraction of sp³-hybridized carbons (Fsp3) is 1.00. The predicted octanol–water partition coefficient (Wildman–Crippen LogP) is -1.90. The second-order valence-corrected chi connectivity index (χ2v) is 4.46. The molecule has 54 valence electrons. The smallest absolute Gasteiger partial charge is 0.154 e. The highest BCUT2D eigenvalue weighted by Gasteiger charge is 2.33. The van der Waals surface area contributed by atoms with Crippen LogP contribution in [0.2, 0.25) is 0 Å². The molecule has 1 heterocycles. The lowest BCUT2D eigenvalue weighted by molar-refractivity contribution is 0.183. The molecule has 0 bridgehead atoms. The normalized spacial score (nSPS) is 41.1. The molecule has 0 aliphatic carbocycles. The van der Waals surface area contributed by atoms with E-state index in [0.29, 0.717) is 0 Å². The van der Waals surface area contributed by atoms with Crippen LogP contribution in [0, 0.1) is 0 Å². The molecule has 1 fully saturated rings. The topological polar surface area (TPSA) is 80.4 Å². The van der Waals surface area contributed by atoms with Crippen molar-refractivity contribution in [2.24, 2.45) is 5.73 Å². The molecular weight excluding hydrogens is 142 g/mol. The molecule has 0 amide bonds. The summed E-state index contributed by atoms with van der Waals surface area (Å²) >= 11 is 0. The number of aliphatic hydroxyl groups excluding tert-OH is 1. The first kappa shape index (κ1) is 6.98. The van der Waals surface area contributed by atoms with Gasteiger partial charge in [-0.3, -0.25) is 0 Å². The third-order valence-corrected chi connectivity index (χ3v) is 3.11. The van der Waals surface area contributed by atoms with Gasteiger partial charge in [0.2, 0.25) is 0 Å². The van der Waals surface area contributed by atoms with Crippen LogP contribution in [0.5, 0.6) is 0 Å². The van der Waals surface area contributed by atoms with Crippen molar-refractivity contribution < 1.29 is 13.5 Å². The van der Waals surface area contributed by atoms with Crippen molar-refractivity contribution in [3.05, 3.63) is 0 Å². The van der Waals surface area contributed by atoms with Gasteiger partial charge in [-0.1, -0.05) is 0 Å². The molecule has 1 saturated heterocycles. The van der Waals surface area contributed by atoms with Gasteiger partial charge >= 0.3 is 0 Å². The van der Waals surface area contributed by atoms with Crippen molar-refractivity contribution in [1.82, 2.24) is 0 Å². The maximum absolute atomic E-state index is 10.6. The fourth-order valence-electron chi connectivity index (χ4n) is 0.856. The summed E-state index contributed by atoms with van der Waals surface area (Å²) in [7, 11) is -3.02. The summed E-state index contributed by atoms with van der Waals surface area (Å²) in [6.07, 6.45) is -0.852. The summed E-state index contributed by atoms with van der Waals surface area (Å²) in [6.45, 7) is 0. The summed E-state index contributed by atoms with van der Waals surface area (Å²) in [6, 6.07) is -0.574. The van der Waals surface area contributed by atoms with E-state index in [1.807, 2.05) is 0 Å². The molecule has 3 N–H and O–H groups in total. The van der Waals surface area contributed by atoms with Gasteiger partial charge in [0.1, 0.15) is 0 Å². The molecule has 0 aromatic rings. The minimum atomic E-state index is -3.02. The average molecular weight is 151 g/mol. The lowest BCUT2D eigenvalue weighted by atomic mass is 10.2. The lowest BCUT2D eigenvalue weighted by Crippen LogP contribution is -2.32. The Kier molecular flexibility index (Phi) is 1.50. The Morgan fingerprint density at radius 1 is 1.44 bits per heavy atom. The van der Waals surface area contributed by atoms with Crippen LogP contribution in [0.1, 0.15) is 0 Å². The maximum Gasteiger partial charge on any atom is 0.154 e. The van der Waals surface area contributed by atoms with E-state index >= 15 is 0 Å². The Bertz CT molecular complexity index is 182. The molecular formula is C4H9NO3S. The summed E-state index contributed by atoms with van der Waals surface area (Å²) in [4.78, 5) is 0. The third-order valence-electron chi connectivity index (χ3n) is 1.37. The maximum atomic E-state index is 10.6. The summed E-state index contributed by atoms with van der Waals surface area (Å²) in [5.41, 5.74) is 5.22. The summed E-state index contributed by atoms with van der Waals surface area (Å²) in [5, 5.41) is 8.83. The van der Waals surface area contributed by atoms with Crippen LogP contribution in [0.3, 0.4) is 0 Å². The standard InChI is InChI=1S/C4H9NO3S/c5-3-1-9(7,8)2-4(3)6/h3-4,6H,1-2,5H2/t3-,4-/m0/s1. The van der Waals surface area contributed by atoms with Crippen molar-refractivity contribution >= 4 is 9.84 Å². The van der Waals surface area contributed by atoms with E-state index in [1.165, 1.54) is 0 Å². The Labute approximate surface area is 53.6 Å². The van der Waals surface area contributed by atoms with Gasteiger partial charge in [-0.15, -0.1) is 0 Å². The molecule has 4 nitrogen and oxygen atoms in total. The first-order chi connectivity index (χ1) is 4.01. The van der Waals surface area contributed by atoms with Crippen molar-refractivity contribution in [3.8, 4) is 0 Å². The SMILES string of the molecule is N[C@H]1CS(=O)(=O)C[C@@H]1O. The number of hydrogen-bond donors (Lipinski definition) is 2. The van der Waals surface area contributed by atoms with Crippen LogP contribution >= 0.6 is 0 Å². The molecule has 1 rings (SSSR count). The van der Waals surface area contributed by atoms with E-state index in [-0.39, 0.29) is 11.5 Å². The zero-order chi connectivity index (χ0) is 7.07. The van der Waals surface area contributed by atoms with Crippen molar-refractivity contribution in [2.75, 3.05) is 11.5 Å². The van der Waals surface area contributed by atoms with Crippen molar-refractivity contribution in [1.29, 1.82) is 0 Å². The van der Waals surface area contributed by atoms with Gasteiger partial charge in [-0.05, 0) is 0 Å². The molecule has 1 aliphatic heterocycles. The van der Waals surface area contributed by atoms with Crippen LogP contribution in [0.25, 0.3) is 0 Å². The van der Waals surface area contributed by atoms with Crippen LogP contribution in [-0.4, -0.2) is 37.2 Å². The first-order valence-electron chi connectivity index (χ1n) is 2.65. The van der Waals surface area contributed by atoms with E-state index in [1.54, 1.807) is 0 Å². The van der Waals surface area contributed by atoms with Crippen LogP contribution in [0.4, 0.5) is 0 Å². The molecule has 0 aromatic carbocycles. The van der Waals surface area contributed by atoms with Crippen LogP contribution in [-0.2, 0) is 9.84 Å². The molecule has 0 saturated carbocycles. The number of nitrogens with two attached hydrogens (primary N) is 1. The first-order valence-corrected chi connectivity index (χ1v) is 4.47. The van der Waals surface area contributed by atoms with Gasteiger partial charge in [0, 0.05) is 6.04 Å². The summed E-state index contributed by atoms with van der Waals surface area (Å²) in [5.74, 6) is -0.248. The van der Waals surface area contributed by atoms with Gasteiger partial charge in [-0.2, -0.15) is 0 Å². The zero-order valence-electron chi connectivity index (χ0n) is 4.82. The van der Waals surface area contributed by atoms with Gasteiger partial charge in [0.05, 0.1) is 17.6 Å². The Balaban J connectivity index is 2.77. The Morgan fingerprint density at radius 2 is 2.00 bits per heavy atom. The highest BCUT2D eigenvalue weighted by molar-refractivity contribution is 7.91. The average Bonchev–Trinajstić information content (AvgIpc) is 1.79. The molecule has 2 atom stereocenters. The van der Waals surface area contributed by atoms with E-state index < -0.39 is 22.0 Å². The second kappa shape index (κ2) is 1.93. The second-order valence-electron chi connectivity index (χ2n) is 2.31. The monoisotopic (exact) mass is 151 g/mol. The highest BCUT2D eigenvalue weighted by Crippen LogP contribution is 2.09. The minimum absolute atomic E-state index is 0.0752. The molecule has 0 unspecified atom stereocenters. The van der Waals surface area contributed by atoms with Crippen molar-refractivity contribution in [3.63, 3.8) is 0 Å². The number of rotatable bonds is 0. The van der Waals surface area contributed by atoms with Crippen LogP contribution < -0.4 is 5.73 Å². The fourth-order valence-corrected chi connectivity index (χ4v) is 2.57. The van der Waals surface area contributed by atoms with Gasteiger partial charge < -0.3 is 10.8 Å². The Hall–Kier alpha value is -0.130. The summed E-state index contributed by atoms with van der Waals surface area (Å²) < 4.78 is 21.2. The number of sulfone groups is 1. The Morgan fingerprint density at radius 3 is 2.11 bits per heavy atom. The molecule has 0 spiro atoms. The van der Waals surface area contributed by atoms with Gasteiger partial charge in [0.25, 0.3) is 0 Å². The zero-order valence-corrected chi connectivity index (χ0v) is 5.63. The van der Waals surface area contributed by atoms with E-state index in [9.17, 15) is 8.42 Å². The number of hydrogen-bond acceptors (Lipinski definition) is 4. The van der Waals surface area contributed by atoms with Crippen LogP contribution in [0.15, 0.2) is 0 Å². The van der Waals surface area contributed by atoms with E-state index in [2.05, 4.69) is 0 Å². The largest absolute Gasteiger partial charge is 0.390 e. The predicted molar refractivity (Wildman–Crippen MR) is 32.6 cm³/mol. The minimum Gasteiger partial charge on any atom is -0.390 e. The van der Waals surface area contributed by atoms with E-state index in [0.717, 1.165) is 0 Å². The lowest BCUT2D eigenvalue weighted by Gasteiger charge is -2.02. The molecule has 0 radical (unpaired) electrons. The molecule has 5 heteroatoms. The van der Waals surface area contributed by atoms with Gasteiger partial charge in [-0.25, -0.2) is 8.42 Å². The molecule has 9 heavy (non-hydrogen) atoms. The quantitative estimate of drug-likeness (QED) is 0.424. The van der Waals surface area contributed by atoms with Crippen molar-refractivity contribution in [2.45, 2.75) is 12.1 Å². The third kappa shape index (κ3) is 1.41. The number of aliphatic hydroxyl groups is 1. The highest BCUT2D eigenvalue weighted by atomic mass is 32.2. The van der Waals surface area contributed by atoms with E-state index in [4.69, 9.17) is 10.8 Å².